The second-order valence-corrected chi connectivity index (χ2v) is 5.83. The van der Waals surface area contributed by atoms with E-state index in [1.807, 2.05) is 0 Å². The van der Waals surface area contributed by atoms with Crippen LogP contribution in [-0.2, 0) is 0 Å². The molecule has 2 aromatic heterocycles. The van der Waals surface area contributed by atoms with Crippen LogP contribution in [0.2, 0.25) is 0 Å². The van der Waals surface area contributed by atoms with E-state index in [4.69, 9.17) is 0 Å². The third-order valence-electron chi connectivity index (χ3n) is 2.73. The molecule has 1 N–H and O–H groups in total. The molecule has 2 aromatic rings. The third kappa shape index (κ3) is 3.41. The molecule has 2 heterocycles. The van der Waals surface area contributed by atoms with Crippen molar-refractivity contribution in [1.29, 1.82) is 0 Å². The van der Waals surface area contributed by atoms with Gasteiger partial charge in [0.25, 0.3) is 0 Å². The Labute approximate surface area is 132 Å². The molecule has 0 bridgehead atoms. The van der Waals surface area contributed by atoms with E-state index in [1.165, 1.54) is 0 Å². The van der Waals surface area contributed by atoms with Crippen molar-refractivity contribution in [3.63, 3.8) is 0 Å². The lowest BCUT2D eigenvalue weighted by molar-refractivity contribution is 0.804. The molecule has 0 spiro atoms. The van der Waals surface area contributed by atoms with Crippen LogP contribution in [0.15, 0.2) is 18.5 Å². The van der Waals surface area contributed by atoms with Gasteiger partial charge in [-0.25, -0.2) is 19.9 Å². The molecule has 0 aliphatic carbocycles. The van der Waals surface area contributed by atoms with Crippen molar-refractivity contribution >= 4 is 28.4 Å². The Hall–Kier alpha value is -1.31. The summed E-state index contributed by atoms with van der Waals surface area (Å²) >= 11 is 2.30. The molecule has 0 amide bonds. The van der Waals surface area contributed by atoms with Gasteiger partial charge in [-0.1, -0.05) is 20.8 Å². The second-order valence-electron chi connectivity index (χ2n) is 4.75. The molecule has 20 heavy (non-hydrogen) atoms. The molecule has 106 valence electrons. The maximum absolute atomic E-state index is 4.63. The maximum atomic E-state index is 4.63. The fraction of sp³-hybridized carbons (Fsp3) is 0.429. The normalized spacial score (nSPS) is 10.8. The van der Waals surface area contributed by atoms with Gasteiger partial charge in [0.15, 0.2) is 11.6 Å². The molecule has 0 aliphatic rings. The van der Waals surface area contributed by atoms with Crippen molar-refractivity contribution in [2.75, 3.05) is 11.9 Å². The number of rotatable bonds is 5. The lowest BCUT2D eigenvalue weighted by atomic mass is 10.1. The number of anilines is 1. The highest BCUT2D eigenvalue weighted by molar-refractivity contribution is 14.1. The smallest absolute Gasteiger partial charge is 0.200 e. The van der Waals surface area contributed by atoms with Crippen LogP contribution in [0.1, 0.15) is 38.8 Å². The van der Waals surface area contributed by atoms with Crippen molar-refractivity contribution in [3.05, 3.63) is 27.7 Å². The fourth-order valence-corrected chi connectivity index (χ4v) is 2.78. The monoisotopic (exact) mass is 383 g/mol. The quantitative estimate of drug-likeness (QED) is 0.801. The van der Waals surface area contributed by atoms with Crippen LogP contribution in [0, 0.1) is 3.57 Å². The van der Waals surface area contributed by atoms with Gasteiger partial charge in [-0.05, 0) is 41.0 Å². The molecule has 0 fully saturated rings. The summed E-state index contributed by atoms with van der Waals surface area (Å²) in [7, 11) is 0. The third-order valence-corrected chi connectivity index (χ3v) is 3.80. The van der Waals surface area contributed by atoms with E-state index in [0.717, 1.165) is 28.0 Å². The Balaban J connectivity index is 2.50. The van der Waals surface area contributed by atoms with Crippen molar-refractivity contribution in [2.45, 2.75) is 33.1 Å². The van der Waals surface area contributed by atoms with Gasteiger partial charge in [-0.3, -0.25) is 0 Å². The average molecular weight is 383 g/mol. The Kier molecular flexibility index (Phi) is 5.22. The van der Waals surface area contributed by atoms with Gasteiger partial charge in [0, 0.05) is 18.9 Å². The van der Waals surface area contributed by atoms with Gasteiger partial charge < -0.3 is 5.32 Å². The molecule has 0 saturated carbocycles. The first-order chi connectivity index (χ1) is 9.63. The highest BCUT2D eigenvalue weighted by Gasteiger charge is 2.16. The minimum absolute atomic E-state index is 0.328. The highest BCUT2D eigenvalue weighted by atomic mass is 127. The van der Waals surface area contributed by atoms with E-state index in [1.54, 1.807) is 18.5 Å². The highest BCUT2D eigenvalue weighted by Crippen LogP contribution is 2.27. The van der Waals surface area contributed by atoms with Crippen LogP contribution in [0.25, 0.3) is 11.6 Å². The van der Waals surface area contributed by atoms with Crippen LogP contribution in [0.3, 0.4) is 0 Å². The zero-order valence-electron chi connectivity index (χ0n) is 11.9. The van der Waals surface area contributed by atoms with E-state index < -0.39 is 0 Å². The molecule has 5 nitrogen and oxygen atoms in total. The topological polar surface area (TPSA) is 63.6 Å². The number of hydrogen-bond donors (Lipinski definition) is 1. The van der Waals surface area contributed by atoms with Crippen molar-refractivity contribution < 1.29 is 0 Å². The zero-order chi connectivity index (χ0) is 14.5. The summed E-state index contributed by atoms with van der Waals surface area (Å²) in [5, 5.41) is 3.35. The number of nitrogens with one attached hydrogen (secondary N) is 1. The lowest BCUT2D eigenvalue weighted by Crippen LogP contribution is -2.10. The fourth-order valence-electron chi connectivity index (χ4n) is 1.72. The van der Waals surface area contributed by atoms with E-state index in [0.29, 0.717) is 17.6 Å². The summed E-state index contributed by atoms with van der Waals surface area (Å²) in [5.74, 6) is 2.34. The van der Waals surface area contributed by atoms with Crippen molar-refractivity contribution in [3.8, 4) is 11.6 Å². The molecule has 2 rings (SSSR count). The summed E-state index contributed by atoms with van der Waals surface area (Å²) in [6, 6.07) is 1.79. The van der Waals surface area contributed by atoms with Gasteiger partial charge in [-0.2, -0.15) is 0 Å². The lowest BCUT2D eigenvalue weighted by Gasteiger charge is -2.14. The first-order valence-corrected chi connectivity index (χ1v) is 7.80. The van der Waals surface area contributed by atoms with E-state index in [2.05, 4.69) is 68.6 Å². The zero-order valence-corrected chi connectivity index (χ0v) is 14.0. The molecule has 0 aromatic carbocycles. The molecule has 0 atom stereocenters. The van der Waals surface area contributed by atoms with Crippen LogP contribution < -0.4 is 5.32 Å². The van der Waals surface area contributed by atoms with Crippen molar-refractivity contribution in [1.82, 2.24) is 19.9 Å². The predicted octanol–water partition coefficient (Wildman–Crippen LogP) is 3.48. The summed E-state index contributed by atoms with van der Waals surface area (Å²) in [6.07, 6.45) is 4.46. The SMILES string of the molecule is CCCNc1nc(-c2ncccn2)nc(C(C)C)c1I. The van der Waals surface area contributed by atoms with Crippen LogP contribution in [0.5, 0.6) is 0 Å². The molecule has 0 radical (unpaired) electrons. The summed E-state index contributed by atoms with van der Waals surface area (Å²) < 4.78 is 1.07. The molecule has 6 heteroatoms. The largest absolute Gasteiger partial charge is 0.369 e. The molecule has 0 unspecified atom stereocenters. The van der Waals surface area contributed by atoms with Crippen LogP contribution >= 0.6 is 22.6 Å². The number of aromatic nitrogens is 4. The second kappa shape index (κ2) is 6.92. The Morgan fingerprint density at radius 3 is 2.45 bits per heavy atom. The minimum atomic E-state index is 0.328. The predicted molar refractivity (Wildman–Crippen MR) is 88.6 cm³/mol. The first-order valence-electron chi connectivity index (χ1n) is 6.72. The summed E-state index contributed by atoms with van der Waals surface area (Å²) in [4.78, 5) is 17.7. The van der Waals surface area contributed by atoms with E-state index >= 15 is 0 Å². The standard InChI is InChI=1S/C14H18IN5/c1-4-6-16-12-10(15)11(9(2)3)19-14(20-12)13-17-7-5-8-18-13/h5,7-9H,4,6H2,1-3H3,(H,16,19,20). The molecule has 0 aliphatic heterocycles. The van der Waals surface area contributed by atoms with Gasteiger partial charge in [-0.15, -0.1) is 0 Å². The summed E-state index contributed by atoms with van der Waals surface area (Å²) in [5.41, 5.74) is 1.03. The van der Waals surface area contributed by atoms with Gasteiger partial charge in [0.2, 0.25) is 0 Å². The molecule has 0 saturated heterocycles. The number of nitrogens with zero attached hydrogens (tertiary/aromatic N) is 4. The molecular weight excluding hydrogens is 365 g/mol. The van der Waals surface area contributed by atoms with Crippen molar-refractivity contribution in [2.24, 2.45) is 0 Å². The Morgan fingerprint density at radius 2 is 1.85 bits per heavy atom. The van der Waals surface area contributed by atoms with Gasteiger partial charge in [0.1, 0.15) is 5.82 Å². The summed E-state index contributed by atoms with van der Waals surface area (Å²) in [6.45, 7) is 7.28. The van der Waals surface area contributed by atoms with Gasteiger partial charge in [0.05, 0.1) is 9.26 Å². The minimum Gasteiger partial charge on any atom is -0.369 e. The Morgan fingerprint density at radius 1 is 1.15 bits per heavy atom. The number of hydrogen-bond acceptors (Lipinski definition) is 5. The van der Waals surface area contributed by atoms with Crippen LogP contribution in [-0.4, -0.2) is 26.5 Å². The first kappa shape index (κ1) is 15.1. The van der Waals surface area contributed by atoms with Gasteiger partial charge >= 0.3 is 0 Å². The number of halogens is 1. The van der Waals surface area contributed by atoms with E-state index in [-0.39, 0.29) is 0 Å². The molecular formula is C14H18IN5. The van der Waals surface area contributed by atoms with E-state index in [9.17, 15) is 0 Å². The maximum Gasteiger partial charge on any atom is 0.200 e. The van der Waals surface area contributed by atoms with Crippen LogP contribution in [0.4, 0.5) is 5.82 Å². The Bertz CT molecular complexity index is 571. The average Bonchev–Trinajstić information content (AvgIpc) is 2.46.